The Labute approximate surface area is 176 Å². The van der Waals surface area contributed by atoms with Crippen LogP contribution < -0.4 is 10.1 Å². The van der Waals surface area contributed by atoms with E-state index in [1.54, 1.807) is 31.1 Å². The van der Waals surface area contributed by atoms with E-state index in [1.165, 1.54) is 4.90 Å². The highest BCUT2D eigenvalue weighted by Crippen LogP contribution is 2.23. The van der Waals surface area contributed by atoms with Gasteiger partial charge in [-0.15, -0.1) is 0 Å². The van der Waals surface area contributed by atoms with E-state index in [0.717, 1.165) is 28.1 Å². The van der Waals surface area contributed by atoms with Crippen LogP contribution in [0.25, 0.3) is 5.69 Å². The molecule has 3 aromatic rings. The molecule has 156 valence electrons. The predicted octanol–water partition coefficient (Wildman–Crippen LogP) is 3.52. The Hall–Kier alpha value is -3.61. The van der Waals surface area contributed by atoms with Gasteiger partial charge in [0, 0.05) is 18.9 Å². The van der Waals surface area contributed by atoms with Crippen molar-refractivity contribution >= 4 is 17.5 Å². The van der Waals surface area contributed by atoms with Gasteiger partial charge in [0.15, 0.2) is 5.69 Å². The number of carbonyl (C=O) groups excluding carboxylic acids is 2. The molecule has 0 atom stereocenters. The number of anilines is 1. The van der Waals surface area contributed by atoms with E-state index < -0.39 is 0 Å². The number of nitrogens with one attached hydrogen (secondary N) is 1. The van der Waals surface area contributed by atoms with E-state index >= 15 is 0 Å². The van der Waals surface area contributed by atoms with Crippen LogP contribution in [0, 0.1) is 20.8 Å². The molecule has 0 fully saturated rings. The monoisotopic (exact) mass is 406 g/mol. The van der Waals surface area contributed by atoms with Crippen molar-refractivity contribution in [3.63, 3.8) is 0 Å². The summed E-state index contributed by atoms with van der Waals surface area (Å²) in [6, 6.07) is 13.2. The van der Waals surface area contributed by atoms with E-state index in [1.807, 2.05) is 57.2 Å². The second-order valence-corrected chi connectivity index (χ2v) is 7.30. The van der Waals surface area contributed by atoms with Crippen LogP contribution in [0.2, 0.25) is 0 Å². The van der Waals surface area contributed by atoms with Crippen LogP contribution in [0.1, 0.15) is 27.2 Å². The van der Waals surface area contributed by atoms with Gasteiger partial charge in [-0.1, -0.05) is 24.3 Å². The van der Waals surface area contributed by atoms with Gasteiger partial charge in [-0.2, -0.15) is 5.10 Å². The summed E-state index contributed by atoms with van der Waals surface area (Å²) < 4.78 is 6.99. The summed E-state index contributed by atoms with van der Waals surface area (Å²) in [4.78, 5) is 26.6. The molecule has 0 spiro atoms. The van der Waals surface area contributed by atoms with Crippen LogP contribution in [0.5, 0.6) is 5.75 Å². The zero-order valence-corrected chi connectivity index (χ0v) is 17.9. The van der Waals surface area contributed by atoms with Gasteiger partial charge in [-0.05, 0) is 55.7 Å². The fourth-order valence-electron chi connectivity index (χ4n) is 3.22. The molecule has 2 aromatic carbocycles. The van der Waals surface area contributed by atoms with E-state index in [0.29, 0.717) is 5.75 Å². The van der Waals surface area contributed by atoms with Crippen molar-refractivity contribution in [2.75, 3.05) is 26.0 Å². The number of likely N-dealkylation sites (N-methyl/N-ethyl adjacent to an activating group) is 1. The highest BCUT2D eigenvalue weighted by Gasteiger charge is 2.19. The van der Waals surface area contributed by atoms with Gasteiger partial charge in [-0.3, -0.25) is 9.59 Å². The maximum absolute atomic E-state index is 12.8. The quantitative estimate of drug-likeness (QED) is 0.680. The number of amides is 2. The minimum absolute atomic E-state index is 0.0762. The van der Waals surface area contributed by atoms with Crippen LogP contribution in [0.15, 0.2) is 48.7 Å². The second kappa shape index (κ2) is 8.82. The Kier molecular flexibility index (Phi) is 6.20. The average Bonchev–Trinajstić information content (AvgIpc) is 3.20. The molecule has 0 aliphatic heterocycles. The second-order valence-electron chi connectivity index (χ2n) is 7.30. The number of carbonyl (C=O) groups is 2. The zero-order chi connectivity index (χ0) is 21.8. The Morgan fingerprint density at radius 3 is 2.47 bits per heavy atom. The molecule has 0 bridgehead atoms. The average molecular weight is 406 g/mol. The summed E-state index contributed by atoms with van der Waals surface area (Å²) >= 11 is 0. The first-order valence-electron chi connectivity index (χ1n) is 9.62. The molecular weight excluding hydrogens is 380 g/mol. The third-order valence-electron chi connectivity index (χ3n) is 4.86. The third-order valence-corrected chi connectivity index (χ3v) is 4.86. The molecular formula is C23H26N4O3. The maximum atomic E-state index is 12.8. The van der Waals surface area contributed by atoms with Crippen molar-refractivity contribution in [1.82, 2.24) is 14.7 Å². The van der Waals surface area contributed by atoms with Crippen molar-refractivity contribution in [2.24, 2.45) is 0 Å². The lowest BCUT2D eigenvalue weighted by Gasteiger charge is -2.17. The molecule has 0 aliphatic rings. The van der Waals surface area contributed by atoms with Gasteiger partial charge in [0.05, 0.1) is 13.7 Å². The first kappa shape index (κ1) is 21.1. The Morgan fingerprint density at radius 1 is 1.10 bits per heavy atom. The van der Waals surface area contributed by atoms with Gasteiger partial charge >= 0.3 is 0 Å². The number of aryl methyl sites for hydroxylation is 3. The Morgan fingerprint density at radius 2 is 1.80 bits per heavy atom. The van der Waals surface area contributed by atoms with E-state index in [2.05, 4.69) is 10.4 Å². The highest BCUT2D eigenvalue weighted by atomic mass is 16.5. The molecule has 0 saturated heterocycles. The number of hydrogen-bond acceptors (Lipinski definition) is 4. The van der Waals surface area contributed by atoms with E-state index in [9.17, 15) is 9.59 Å². The lowest BCUT2D eigenvalue weighted by molar-refractivity contribution is -0.116. The largest absolute Gasteiger partial charge is 0.494 e. The van der Waals surface area contributed by atoms with Gasteiger partial charge in [0.2, 0.25) is 5.91 Å². The normalized spacial score (nSPS) is 10.6. The van der Waals surface area contributed by atoms with Crippen LogP contribution in [-0.4, -0.2) is 47.2 Å². The molecule has 3 rings (SSSR count). The van der Waals surface area contributed by atoms with Gasteiger partial charge in [0.1, 0.15) is 11.4 Å². The van der Waals surface area contributed by atoms with Crippen molar-refractivity contribution in [2.45, 2.75) is 20.8 Å². The summed E-state index contributed by atoms with van der Waals surface area (Å²) in [7, 11) is 3.17. The molecule has 0 saturated carbocycles. The smallest absolute Gasteiger partial charge is 0.274 e. The molecule has 1 aromatic heterocycles. The number of nitrogens with zero attached hydrogens (tertiary/aromatic N) is 3. The topological polar surface area (TPSA) is 76.5 Å². The van der Waals surface area contributed by atoms with E-state index in [4.69, 9.17) is 4.74 Å². The molecule has 1 N–H and O–H groups in total. The van der Waals surface area contributed by atoms with E-state index in [-0.39, 0.29) is 24.1 Å². The summed E-state index contributed by atoms with van der Waals surface area (Å²) in [5.41, 5.74) is 4.77. The Bertz CT molecular complexity index is 1070. The SMILES string of the molecule is COc1ccc(C)cc1-n1ccc(C(=O)N(C)CC(=O)Nc2c(C)cccc2C)n1. The first-order chi connectivity index (χ1) is 14.3. The van der Waals surface area contributed by atoms with Gasteiger partial charge < -0.3 is 15.0 Å². The highest BCUT2D eigenvalue weighted by molar-refractivity contribution is 5.98. The van der Waals surface area contributed by atoms with Crippen LogP contribution >= 0.6 is 0 Å². The zero-order valence-electron chi connectivity index (χ0n) is 17.9. The van der Waals surface area contributed by atoms with Crippen molar-refractivity contribution in [1.29, 1.82) is 0 Å². The number of methoxy groups -OCH3 is 1. The van der Waals surface area contributed by atoms with Crippen LogP contribution in [-0.2, 0) is 4.79 Å². The molecule has 1 heterocycles. The van der Waals surface area contributed by atoms with Crippen molar-refractivity contribution in [3.05, 3.63) is 71.0 Å². The fraction of sp³-hybridized carbons (Fsp3) is 0.261. The lowest BCUT2D eigenvalue weighted by Crippen LogP contribution is -2.35. The van der Waals surface area contributed by atoms with Crippen LogP contribution in [0.3, 0.4) is 0 Å². The van der Waals surface area contributed by atoms with Crippen molar-refractivity contribution in [3.8, 4) is 11.4 Å². The third kappa shape index (κ3) is 4.51. The minimum atomic E-state index is -0.336. The summed E-state index contributed by atoms with van der Waals surface area (Å²) in [6.07, 6.45) is 1.70. The fourth-order valence-corrected chi connectivity index (χ4v) is 3.22. The number of benzene rings is 2. The predicted molar refractivity (Wildman–Crippen MR) is 116 cm³/mol. The molecule has 0 unspecified atom stereocenters. The number of hydrogen-bond donors (Lipinski definition) is 1. The maximum Gasteiger partial charge on any atom is 0.274 e. The lowest BCUT2D eigenvalue weighted by atomic mass is 10.1. The summed E-state index contributed by atoms with van der Waals surface area (Å²) in [6.45, 7) is 5.77. The number of rotatable bonds is 6. The number of aromatic nitrogens is 2. The summed E-state index contributed by atoms with van der Waals surface area (Å²) in [5, 5.41) is 7.28. The standard InChI is InChI=1S/C23H26N4O3/c1-15-9-10-20(30-5)19(13-15)27-12-11-18(25-27)23(29)26(4)14-21(28)24-22-16(2)7-6-8-17(22)3/h6-13H,14H2,1-5H3,(H,24,28). The van der Waals surface area contributed by atoms with Gasteiger partial charge in [-0.25, -0.2) is 4.68 Å². The molecule has 30 heavy (non-hydrogen) atoms. The molecule has 0 aliphatic carbocycles. The molecule has 2 amide bonds. The van der Waals surface area contributed by atoms with Crippen molar-refractivity contribution < 1.29 is 14.3 Å². The first-order valence-corrected chi connectivity index (χ1v) is 9.62. The van der Waals surface area contributed by atoms with Crippen LogP contribution in [0.4, 0.5) is 5.69 Å². The summed E-state index contributed by atoms with van der Waals surface area (Å²) in [5.74, 6) is 0.0593. The van der Waals surface area contributed by atoms with Gasteiger partial charge in [0.25, 0.3) is 5.91 Å². The molecule has 7 nitrogen and oxygen atoms in total. The number of para-hydroxylation sites is 1. The molecule has 7 heteroatoms. The minimum Gasteiger partial charge on any atom is -0.494 e. The Balaban J connectivity index is 1.71. The molecule has 0 radical (unpaired) electrons. The number of ether oxygens (including phenoxy) is 1.